The van der Waals surface area contributed by atoms with Gasteiger partial charge in [-0.05, 0) is 49.2 Å². The van der Waals surface area contributed by atoms with Gasteiger partial charge in [0.1, 0.15) is 0 Å². The number of carbonyl (C=O) groups excluding carboxylic acids is 1. The normalized spacial score (nSPS) is 11.7. The molecule has 0 radical (unpaired) electrons. The number of carbonyl (C=O) groups is 1. The van der Waals surface area contributed by atoms with E-state index in [9.17, 15) is 18.0 Å². The number of benzene rings is 1. The lowest BCUT2D eigenvalue weighted by atomic mass is 10.1. The first-order valence-corrected chi connectivity index (χ1v) is 9.92. The van der Waals surface area contributed by atoms with Gasteiger partial charge in [-0.3, -0.25) is 9.78 Å². The van der Waals surface area contributed by atoms with Crippen molar-refractivity contribution in [1.29, 1.82) is 0 Å². The second-order valence-electron chi connectivity index (χ2n) is 7.33. The van der Waals surface area contributed by atoms with E-state index in [4.69, 9.17) is 11.6 Å². The summed E-state index contributed by atoms with van der Waals surface area (Å²) in [6.07, 6.45) is 0.374. The van der Waals surface area contributed by atoms with E-state index in [-0.39, 0.29) is 16.3 Å². The van der Waals surface area contributed by atoms with Crippen LogP contribution in [0, 0.1) is 13.8 Å². The standard InChI is InChI=1S/C22H17ClF3N5O/c1-12-7-14(9-27-8-12)11-31-20-18(13(2)30-31)19(23)17(10-28-20)21(32)29-16-5-3-15(4-6-16)22(24,25)26/h3-10H,11H2,1-2H3,(H,29,32). The molecule has 1 aromatic carbocycles. The fourth-order valence-corrected chi connectivity index (χ4v) is 3.72. The highest BCUT2D eigenvalue weighted by Gasteiger charge is 2.30. The second kappa shape index (κ2) is 8.23. The Morgan fingerprint density at radius 3 is 2.50 bits per heavy atom. The van der Waals surface area contributed by atoms with E-state index in [2.05, 4.69) is 20.4 Å². The maximum absolute atomic E-state index is 12.7. The highest BCUT2D eigenvalue weighted by atomic mass is 35.5. The summed E-state index contributed by atoms with van der Waals surface area (Å²) in [5.41, 5.74) is 2.57. The molecular weight excluding hydrogens is 443 g/mol. The van der Waals surface area contributed by atoms with Gasteiger partial charge in [0.2, 0.25) is 0 Å². The average Bonchev–Trinajstić information content (AvgIpc) is 3.04. The number of alkyl halides is 3. The van der Waals surface area contributed by atoms with Crippen LogP contribution in [-0.2, 0) is 12.7 Å². The fourth-order valence-electron chi connectivity index (χ4n) is 3.36. The molecule has 0 aliphatic rings. The number of nitrogens with zero attached hydrogens (tertiary/aromatic N) is 4. The molecule has 0 aliphatic heterocycles. The lowest BCUT2D eigenvalue weighted by Gasteiger charge is -2.10. The molecule has 1 amide bonds. The summed E-state index contributed by atoms with van der Waals surface area (Å²) < 4.78 is 39.8. The Balaban J connectivity index is 1.62. The molecule has 0 aliphatic carbocycles. The van der Waals surface area contributed by atoms with Gasteiger partial charge in [-0.1, -0.05) is 17.7 Å². The third kappa shape index (κ3) is 4.29. The molecule has 4 rings (SSSR count). The first-order chi connectivity index (χ1) is 15.1. The molecule has 0 saturated carbocycles. The Hall–Kier alpha value is -3.46. The number of anilines is 1. The van der Waals surface area contributed by atoms with E-state index in [0.29, 0.717) is 23.3 Å². The number of aromatic nitrogens is 4. The molecule has 4 aromatic rings. The van der Waals surface area contributed by atoms with Gasteiger partial charge < -0.3 is 5.32 Å². The number of halogens is 4. The van der Waals surface area contributed by atoms with Crippen LogP contribution < -0.4 is 5.32 Å². The van der Waals surface area contributed by atoms with Crippen molar-refractivity contribution in [3.8, 4) is 0 Å². The summed E-state index contributed by atoms with van der Waals surface area (Å²) >= 11 is 6.52. The van der Waals surface area contributed by atoms with Crippen molar-refractivity contribution >= 4 is 34.2 Å². The molecule has 3 aromatic heterocycles. The Kier molecular flexibility index (Phi) is 5.60. The zero-order chi connectivity index (χ0) is 23.0. The topological polar surface area (TPSA) is 72.7 Å². The summed E-state index contributed by atoms with van der Waals surface area (Å²) in [7, 11) is 0. The number of pyridine rings is 2. The zero-order valence-corrected chi connectivity index (χ0v) is 17.8. The molecule has 32 heavy (non-hydrogen) atoms. The van der Waals surface area contributed by atoms with Crippen LogP contribution in [0.25, 0.3) is 11.0 Å². The van der Waals surface area contributed by atoms with Crippen molar-refractivity contribution in [2.24, 2.45) is 0 Å². The molecule has 10 heteroatoms. The first kappa shape index (κ1) is 21.8. The molecule has 3 heterocycles. The van der Waals surface area contributed by atoms with Crippen LogP contribution in [0.2, 0.25) is 5.02 Å². The Morgan fingerprint density at radius 1 is 1.12 bits per heavy atom. The number of amides is 1. The van der Waals surface area contributed by atoms with Crippen LogP contribution >= 0.6 is 11.6 Å². The molecular formula is C22H17ClF3N5O. The molecule has 0 bridgehead atoms. The second-order valence-corrected chi connectivity index (χ2v) is 7.71. The van der Waals surface area contributed by atoms with Gasteiger partial charge in [0, 0.05) is 24.3 Å². The molecule has 1 N–H and O–H groups in total. The van der Waals surface area contributed by atoms with Gasteiger partial charge in [-0.2, -0.15) is 18.3 Å². The summed E-state index contributed by atoms with van der Waals surface area (Å²) in [4.78, 5) is 21.3. The van der Waals surface area contributed by atoms with E-state index in [1.165, 1.54) is 18.3 Å². The van der Waals surface area contributed by atoms with Crippen molar-refractivity contribution in [1.82, 2.24) is 19.7 Å². The Morgan fingerprint density at radius 2 is 1.84 bits per heavy atom. The lowest BCUT2D eigenvalue weighted by molar-refractivity contribution is -0.137. The zero-order valence-electron chi connectivity index (χ0n) is 17.0. The van der Waals surface area contributed by atoms with Crippen LogP contribution in [0.5, 0.6) is 0 Å². The number of hydrogen-bond donors (Lipinski definition) is 1. The van der Waals surface area contributed by atoms with Gasteiger partial charge in [-0.25, -0.2) is 9.67 Å². The average molecular weight is 460 g/mol. The largest absolute Gasteiger partial charge is 0.416 e. The van der Waals surface area contributed by atoms with Gasteiger partial charge in [0.05, 0.1) is 33.8 Å². The van der Waals surface area contributed by atoms with Gasteiger partial charge in [-0.15, -0.1) is 0 Å². The third-order valence-electron chi connectivity index (χ3n) is 4.85. The van der Waals surface area contributed by atoms with Crippen molar-refractivity contribution in [3.05, 3.63) is 81.9 Å². The monoisotopic (exact) mass is 459 g/mol. The Labute approximate surface area is 186 Å². The van der Waals surface area contributed by atoms with E-state index in [0.717, 1.165) is 23.3 Å². The summed E-state index contributed by atoms with van der Waals surface area (Å²) in [6.45, 7) is 4.14. The number of rotatable bonds is 4. The highest BCUT2D eigenvalue weighted by molar-refractivity contribution is 6.39. The van der Waals surface area contributed by atoms with E-state index >= 15 is 0 Å². The van der Waals surface area contributed by atoms with Crippen LogP contribution in [0.4, 0.5) is 18.9 Å². The van der Waals surface area contributed by atoms with Gasteiger partial charge in [0.25, 0.3) is 5.91 Å². The van der Waals surface area contributed by atoms with E-state index < -0.39 is 17.6 Å². The molecule has 0 atom stereocenters. The highest BCUT2D eigenvalue weighted by Crippen LogP contribution is 2.31. The SMILES string of the molecule is Cc1cncc(Cn2nc(C)c3c(Cl)c(C(=O)Nc4ccc(C(F)(F)F)cc4)cnc32)c1. The first-order valence-electron chi connectivity index (χ1n) is 9.54. The van der Waals surface area contributed by atoms with E-state index in [1.807, 2.05) is 13.0 Å². The number of hydrogen-bond acceptors (Lipinski definition) is 4. The van der Waals surface area contributed by atoms with E-state index in [1.54, 1.807) is 24.0 Å². The van der Waals surface area contributed by atoms with Crippen molar-refractivity contribution in [3.63, 3.8) is 0 Å². The summed E-state index contributed by atoms with van der Waals surface area (Å²) in [6, 6.07) is 6.14. The minimum absolute atomic E-state index is 0.0962. The molecule has 0 unspecified atom stereocenters. The summed E-state index contributed by atoms with van der Waals surface area (Å²) in [5.74, 6) is -0.584. The number of fused-ring (bicyclic) bond motifs is 1. The van der Waals surface area contributed by atoms with Crippen molar-refractivity contribution in [2.45, 2.75) is 26.6 Å². The minimum Gasteiger partial charge on any atom is -0.322 e. The van der Waals surface area contributed by atoms with Crippen LogP contribution in [0.3, 0.4) is 0 Å². The number of aryl methyl sites for hydroxylation is 2. The number of nitrogens with one attached hydrogen (secondary N) is 1. The lowest BCUT2D eigenvalue weighted by Crippen LogP contribution is -2.14. The predicted molar refractivity (Wildman–Crippen MR) is 115 cm³/mol. The minimum atomic E-state index is -4.45. The smallest absolute Gasteiger partial charge is 0.322 e. The maximum atomic E-state index is 12.7. The van der Waals surface area contributed by atoms with Gasteiger partial charge >= 0.3 is 6.18 Å². The predicted octanol–water partition coefficient (Wildman–Crippen LogP) is 5.42. The molecule has 0 saturated heterocycles. The molecule has 6 nitrogen and oxygen atoms in total. The quantitative estimate of drug-likeness (QED) is 0.442. The maximum Gasteiger partial charge on any atom is 0.416 e. The third-order valence-corrected chi connectivity index (χ3v) is 5.24. The van der Waals surface area contributed by atoms with Crippen LogP contribution in [-0.4, -0.2) is 25.7 Å². The molecule has 164 valence electrons. The van der Waals surface area contributed by atoms with Crippen molar-refractivity contribution < 1.29 is 18.0 Å². The van der Waals surface area contributed by atoms with Crippen LogP contribution in [0.1, 0.15) is 32.7 Å². The van der Waals surface area contributed by atoms with Crippen molar-refractivity contribution in [2.75, 3.05) is 5.32 Å². The molecule has 0 spiro atoms. The van der Waals surface area contributed by atoms with Crippen LogP contribution in [0.15, 0.2) is 48.9 Å². The Bertz CT molecular complexity index is 1320. The van der Waals surface area contributed by atoms with Gasteiger partial charge in [0.15, 0.2) is 5.65 Å². The summed E-state index contributed by atoms with van der Waals surface area (Å²) in [5, 5.41) is 7.75. The molecule has 0 fully saturated rings. The fraction of sp³-hybridized carbons (Fsp3) is 0.182.